The number of ether oxygens (including phenoxy) is 4. The first kappa shape index (κ1) is 13.8. The molecule has 0 aliphatic heterocycles. The number of esters is 2. The summed E-state index contributed by atoms with van der Waals surface area (Å²) in [5.74, 6) is -0.900. The van der Waals surface area contributed by atoms with E-state index in [1.807, 2.05) is 0 Å². The molecule has 0 aliphatic carbocycles. The third kappa shape index (κ3) is 2.37. The molecular formula is C12H14O6. The van der Waals surface area contributed by atoms with Crippen molar-refractivity contribution in [3.05, 3.63) is 23.3 Å². The van der Waals surface area contributed by atoms with Crippen LogP contribution in [-0.4, -0.2) is 40.4 Å². The van der Waals surface area contributed by atoms with Crippen LogP contribution in [0.1, 0.15) is 20.7 Å². The summed E-state index contributed by atoms with van der Waals surface area (Å²) in [6.07, 6.45) is 0. The molecule has 18 heavy (non-hydrogen) atoms. The largest absolute Gasteiger partial charge is 0.492 e. The Morgan fingerprint density at radius 3 is 1.33 bits per heavy atom. The van der Waals surface area contributed by atoms with Crippen molar-refractivity contribution in [1.82, 2.24) is 0 Å². The molecule has 0 saturated heterocycles. The maximum Gasteiger partial charge on any atom is 0.341 e. The molecular weight excluding hydrogens is 240 g/mol. The highest BCUT2D eigenvalue weighted by atomic mass is 16.5. The fourth-order valence-corrected chi connectivity index (χ4v) is 1.51. The van der Waals surface area contributed by atoms with Crippen LogP contribution in [0.25, 0.3) is 0 Å². The number of rotatable bonds is 4. The maximum atomic E-state index is 11.5. The minimum Gasteiger partial charge on any atom is -0.492 e. The van der Waals surface area contributed by atoms with Gasteiger partial charge >= 0.3 is 11.9 Å². The van der Waals surface area contributed by atoms with Crippen LogP contribution in [0, 0.1) is 0 Å². The van der Waals surface area contributed by atoms with Gasteiger partial charge in [-0.25, -0.2) is 9.59 Å². The molecule has 6 nitrogen and oxygen atoms in total. The average molecular weight is 254 g/mol. The molecule has 0 saturated carbocycles. The van der Waals surface area contributed by atoms with Crippen LogP contribution < -0.4 is 9.47 Å². The first-order valence-corrected chi connectivity index (χ1v) is 5.02. The lowest BCUT2D eigenvalue weighted by molar-refractivity contribution is 0.0579. The van der Waals surface area contributed by atoms with E-state index in [4.69, 9.17) is 9.47 Å². The monoisotopic (exact) mass is 254 g/mol. The Morgan fingerprint density at radius 1 is 0.778 bits per heavy atom. The highest BCUT2D eigenvalue weighted by Gasteiger charge is 2.23. The second-order valence-corrected chi connectivity index (χ2v) is 3.21. The van der Waals surface area contributed by atoms with Crippen LogP contribution >= 0.6 is 0 Å². The van der Waals surface area contributed by atoms with Crippen molar-refractivity contribution in [2.45, 2.75) is 0 Å². The summed E-state index contributed by atoms with van der Waals surface area (Å²) in [5, 5.41) is 0. The molecule has 0 unspecified atom stereocenters. The molecule has 0 spiro atoms. The molecule has 6 heteroatoms. The van der Waals surface area contributed by atoms with Crippen molar-refractivity contribution < 1.29 is 28.5 Å². The molecule has 0 aromatic heterocycles. The van der Waals surface area contributed by atoms with E-state index in [9.17, 15) is 9.59 Å². The second-order valence-electron chi connectivity index (χ2n) is 3.21. The smallest absolute Gasteiger partial charge is 0.341 e. The van der Waals surface area contributed by atoms with Gasteiger partial charge in [0.15, 0.2) is 11.5 Å². The Morgan fingerprint density at radius 2 is 1.11 bits per heavy atom. The van der Waals surface area contributed by atoms with Crippen LogP contribution in [0.3, 0.4) is 0 Å². The minimum absolute atomic E-state index is 0.132. The van der Waals surface area contributed by atoms with Crippen molar-refractivity contribution >= 4 is 11.9 Å². The fourth-order valence-electron chi connectivity index (χ4n) is 1.51. The van der Waals surface area contributed by atoms with E-state index in [-0.39, 0.29) is 22.6 Å². The molecule has 0 fully saturated rings. The van der Waals surface area contributed by atoms with Gasteiger partial charge in [0.2, 0.25) is 0 Å². The van der Waals surface area contributed by atoms with E-state index in [1.54, 1.807) is 0 Å². The molecule has 0 atom stereocenters. The Bertz CT molecular complexity index is 423. The Balaban J connectivity index is 3.45. The lowest BCUT2D eigenvalue weighted by atomic mass is 10.1. The van der Waals surface area contributed by atoms with Crippen LogP contribution in [-0.2, 0) is 9.47 Å². The summed E-state index contributed by atoms with van der Waals surface area (Å²) < 4.78 is 19.4. The molecule has 1 aromatic carbocycles. The van der Waals surface area contributed by atoms with Gasteiger partial charge < -0.3 is 18.9 Å². The van der Waals surface area contributed by atoms with Crippen LogP contribution in [0.15, 0.2) is 12.1 Å². The summed E-state index contributed by atoms with van der Waals surface area (Å²) in [5.41, 5.74) is 0.342. The summed E-state index contributed by atoms with van der Waals surface area (Å²) in [7, 11) is 5.24. The van der Waals surface area contributed by atoms with Crippen molar-refractivity contribution in [1.29, 1.82) is 0 Å². The number of carbonyl (C=O) groups is 2. The van der Waals surface area contributed by atoms with Gasteiger partial charge in [-0.15, -0.1) is 0 Å². The van der Waals surface area contributed by atoms with Gasteiger partial charge in [-0.2, -0.15) is 0 Å². The molecule has 0 aliphatic rings. The SMILES string of the molecule is COC(=O)c1ccc(C(=O)OC)c(OC)c1OC. The zero-order valence-corrected chi connectivity index (χ0v) is 10.6. The van der Waals surface area contributed by atoms with E-state index in [2.05, 4.69) is 9.47 Å². The highest BCUT2D eigenvalue weighted by molar-refractivity contribution is 5.99. The number of benzene rings is 1. The Kier molecular flexibility index (Phi) is 4.53. The quantitative estimate of drug-likeness (QED) is 0.754. The normalized spacial score (nSPS) is 9.56. The van der Waals surface area contributed by atoms with Gasteiger partial charge in [0.05, 0.1) is 28.4 Å². The summed E-state index contributed by atoms with van der Waals surface area (Å²) in [4.78, 5) is 23.1. The topological polar surface area (TPSA) is 71.1 Å². The average Bonchev–Trinajstić information content (AvgIpc) is 2.43. The van der Waals surface area contributed by atoms with Crippen molar-refractivity contribution in [3.63, 3.8) is 0 Å². The first-order valence-electron chi connectivity index (χ1n) is 5.02. The molecule has 1 aromatic rings. The molecule has 98 valence electrons. The number of hydrogen-bond acceptors (Lipinski definition) is 6. The van der Waals surface area contributed by atoms with Gasteiger partial charge in [-0.05, 0) is 12.1 Å². The zero-order chi connectivity index (χ0) is 13.7. The third-order valence-electron chi connectivity index (χ3n) is 2.33. The summed E-state index contributed by atoms with van der Waals surface area (Å²) in [6.45, 7) is 0. The van der Waals surface area contributed by atoms with Crippen LogP contribution in [0.4, 0.5) is 0 Å². The van der Waals surface area contributed by atoms with Gasteiger partial charge in [0.1, 0.15) is 11.1 Å². The maximum absolute atomic E-state index is 11.5. The van der Waals surface area contributed by atoms with Crippen molar-refractivity contribution in [2.24, 2.45) is 0 Å². The van der Waals surface area contributed by atoms with Gasteiger partial charge in [-0.3, -0.25) is 0 Å². The molecule has 0 N–H and O–H groups in total. The Hall–Kier alpha value is -2.24. The number of hydrogen-bond donors (Lipinski definition) is 0. The highest BCUT2D eigenvalue weighted by Crippen LogP contribution is 2.35. The third-order valence-corrected chi connectivity index (χ3v) is 2.33. The first-order chi connectivity index (χ1) is 8.60. The molecule has 0 bridgehead atoms. The number of carbonyl (C=O) groups excluding carboxylic acids is 2. The molecule has 0 radical (unpaired) electrons. The predicted octanol–water partition coefficient (Wildman–Crippen LogP) is 1.28. The predicted molar refractivity (Wildman–Crippen MR) is 62.2 cm³/mol. The van der Waals surface area contributed by atoms with E-state index in [0.717, 1.165) is 0 Å². The fraction of sp³-hybridized carbons (Fsp3) is 0.333. The summed E-state index contributed by atoms with van der Waals surface area (Å²) >= 11 is 0. The van der Waals surface area contributed by atoms with E-state index in [1.165, 1.54) is 40.6 Å². The van der Waals surface area contributed by atoms with Gasteiger partial charge in [0.25, 0.3) is 0 Å². The van der Waals surface area contributed by atoms with Crippen LogP contribution in [0.5, 0.6) is 11.5 Å². The second kappa shape index (κ2) is 5.90. The zero-order valence-electron chi connectivity index (χ0n) is 10.6. The lowest BCUT2D eigenvalue weighted by Crippen LogP contribution is -2.10. The van der Waals surface area contributed by atoms with Crippen molar-refractivity contribution in [2.75, 3.05) is 28.4 Å². The van der Waals surface area contributed by atoms with E-state index >= 15 is 0 Å². The molecule has 0 amide bonds. The minimum atomic E-state index is -0.582. The Labute approximate surface area is 104 Å². The van der Waals surface area contributed by atoms with Gasteiger partial charge in [0, 0.05) is 0 Å². The molecule has 0 heterocycles. The van der Waals surface area contributed by atoms with Gasteiger partial charge in [-0.1, -0.05) is 0 Å². The summed E-state index contributed by atoms with van der Waals surface area (Å²) in [6, 6.07) is 2.83. The van der Waals surface area contributed by atoms with E-state index < -0.39 is 11.9 Å². The standard InChI is InChI=1S/C12H14O6/c1-15-9-7(11(13)17-3)5-6-8(10(9)16-2)12(14)18-4/h5-6H,1-4H3. The molecule has 1 rings (SSSR count). The van der Waals surface area contributed by atoms with Crippen molar-refractivity contribution in [3.8, 4) is 11.5 Å². The van der Waals surface area contributed by atoms with E-state index in [0.29, 0.717) is 0 Å². The lowest BCUT2D eigenvalue weighted by Gasteiger charge is -2.14. The van der Waals surface area contributed by atoms with Crippen LogP contribution in [0.2, 0.25) is 0 Å². The number of methoxy groups -OCH3 is 4.